The summed E-state index contributed by atoms with van der Waals surface area (Å²) < 4.78 is 24.1. The summed E-state index contributed by atoms with van der Waals surface area (Å²) in [6.07, 6.45) is 0. The second kappa shape index (κ2) is 7.02. The van der Waals surface area contributed by atoms with Gasteiger partial charge in [-0.15, -0.1) is 0 Å². The van der Waals surface area contributed by atoms with Gasteiger partial charge in [-0.1, -0.05) is 6.07 Å². The number of nitrogens with one attached hydrogen (secondary N) is 1. The number of nitrogens with zero attached hydrogens (tertiary/aromatic N) is 1. The predicted molar refractivity (Wildman–Crippen MR) is 76.0 cm³/mol. The highest BCUT2D eigenvalue weighted by Crippen LogP contribution is 2.18. The summed E-state index contributed by atoms with van der Waals surface area (Å²) in [5.74, 6) is 1.12. The van der Waals surface area contributed by atoms with Crippen LogP contribution in [0.1, 0.15) is 28.7 Å². The molecule has 0 aliphatic rings. The van der Waals surface area contributed by atoms with Crippen LogP contribution in [0.25, 0.3) is 0 Å². The molecule has 2 rings (SSSR count). The van der Waals surface area contributed by atoms with Gasteiger partial charge in [0.25, 0.3) is 0 Å². The fourth-order valence-electron chi connectivity index (χ4n) is 2.06. The number of ether oxygens (including phenoxy) is 1. The Balaban J connectivity index is 2.07. The minimum absolute atomic E-state index is 0.0476. The first-order valence-corrected chi connectivity index (χ1v) is 6.61. The first-order valence-electron chi connectivity index (χ1n) is 6.61. The summed E-state index contributed by atoms with van der Waals surface area (Å²) >= 11 is 0. The normalized spacial score (nSPS) is 12.1. The van der Waals surface area contributed by atoms with Gasteiger partial charge in [-0.25, -0.2) is 4.39 Å². The SMILES string of the molecule is COC[C@H](NCc1ccc(F)c(C#N)c1)c1ccc(C)o1. The van der Waals surface area contributed by atoms with E-state index < -0.39 is 5.82 Å². The van der Waals surface area contributed by atoms with Crippen molar-refractivity contribution in [2.24, 2.45) is 0 Å². The van der Waals surface area contributed by atoms with E-state index in [0.717, 1.165) is 17.1 Å². The van der Waals surface area contributed by atoms with E-state index in [1.807, 2.05) is 25.1 Å². The molecule has 1 aromatic heterocycles. The highest BCUT2D eigenvalue weighted by Gasteiger charge is 2.15. The molecule has 0 spiro atoms. The van der Waals surface area contributed by atoms with Crippen molar-refractivity contribution in [3.63, 3.8) is 0 Å². The zero-order chi connectivity index (χ0) is 15.2. The molecule has 0 aliphatic heterocycles. The lowest BCUT2D eigenvalue weighted by molar-refractivity contribution is 0.156. The molecule has 1 atom stereocenters. The fourth-order valence-corrected chi connectivity index (χ4v) is 2.06. The van der Waals surface area contributed by atoms with Gasteiger partial charge in [0, 0.05) is 13.7 Å². The zero-order valence-corrected chi connectivity index (χ0v) is 12.0. The zero-order valence-electron chi connectivity index (χ0n) is 12.0. The number of rotatable bonds is 6. The summed E-state index contributed by atoms with van der Waals surface area (Å²) in [6.45, 7) is 2.83. The Morgan fingerprint density at radius 1 is 1.38 bits per heavy atom. The molecule has 4 nitrogen and oxygen atoms in total. The average Bonchev–Trinajstić information content (AvgIpc) is 2.91. The molecular weight excluding hydrogens is 271 g/mol. The lowest BCUT2D eigenvalue weighted by Gasteiger charge is -2.16. The molecule has 0 bridgehead atoms. The Hall–Kier alpha value is -2.16. The van der Waals surface area contributed by atoms with Crippen LogP contribution in [0.2, 0.25) is 0 Å². The molecule has 1 heterocycles. The predicted octanol–water partition coefficient (Wildman–Crippen LogP) is 3.08. The van der Waals surface area contributed by atoms with Crippen molar-refractivity contribution in [3.05, 3.63) is 58.8 Å². The van der Waals surface area contributed by atoms with E-state index >= 15 is 0 Å². The number of hydrogen-bond acceptors (Lipinski definition) is 4. The largest absolute Gasteiger partial charge is 0.465 e. The standard InChI is InChI=1S/C16H17FN2O2/c1-11-3-6-16(21-11)15(10-20-2)19-9-12-4-5-14(17)13(7-12)8-18/h3-7,15,19H,9-10H2,1-2H3/t15-/m0/s1. The number of benzene rings is 1. The van der Waals surface area contributed by atoms with Crippen molar-refractivity contribution >= 4 is 0 Å². The van der Waals surface area contributed by atoms with Gasteiger partial charge < -0.3 is 14.5 Å². The third kappa shape index (κ3) is 3.91. The molecule has 21 heavy (non-hydrogen) atoms. The number of methoxy groups -OCH3 is 1. The number of furan rings is 1. The van der Waals surface area contributed by atoms with E-state index in [2.05, 4.69) is 5.32 Å². The Kier molecular flexibility index (Phi) is 5.09. The lowest BCUT2D eigenvalue weighted by atomic mass is 10.1. The Morgan fingerprint density at radius 3 is 2.81 bits per heavy atom. The molecule has 0 saturated carbocycles. The lowest BCUT2D eigenvalue weighted by Crippen LogP contribution is -2.24. The molecule has 5 heteroatoms. The summed E-state index contributed by atoms with van der Waals surface area (Å²) in [7, 11) is 1.62. The van der Waals surface area contributed by atoms with Crippen molar-refractivity contribution in [1.29, 1.82) is 5.26 Å². The summed E-state index contributed by atoms with van der Waals surface area (Å²) in [5, 5.41) is 12.1. The van der Waals surface area contributed by atoms with Crippen LogP contribution in [0.3, 0.4) is 0 Å². The number of halogens is 1. The molecule has 1 aromatic carbocycles. The second-order valence-corrected chi connectivity index (χ2v) is 4.76. The molecule has 0 radical (unpaired) electrons. The topological polar surface area (TPSA) is 58.2 Å². The Morgan fingerprint density at radius 2 is 2.19 bits per heavy atom. The summed E-state index contributed by atoms with van der Waals surface area (Å²) in [6, 6.07) is 10.0. The molecule has 2 aromatic rings. The van der Waals surface area contributed by atoms with Crippen molar-refractivity contribution in [1.82, 2.24) is 5.32 Å². The highest BCUT2D eigenvalue weighted by atomic mass is 19.1. The first-order chi connectivity index (χ1) is 10.1. The van der Waals surface area contributed by atoms with Gasteiger partial charge in [-0.2, -0.15) is 5.26 Å². The van der Waals surface area contributed by atoms with Gasteiger partial charge >= 0.3 is 0 Å². The maximum absolute atomic E-state index is 13.3. The van der Waals surface area contributed by atoms with Crippen molar-refractivity contribution in [3.8, 4) is 6.07 Å². The van der Waals surface area contributed by atoms with E-state index in [4.69, 9.17) is 14.4 Å². The molecular formula is C16H17FN2O2. The minimum Gasteiger partial charge on any atom is -0.465 e. The highest BCUT2D eigenvalue weighted by molar-refractivity contribution is 5.34. The smallest absolute Gasteiger partial charge is 0.140 e. The summed E-state index contributed by atoms with van der Waals surface area (Å²) in [4.78, 5) is 0. The molecule has 110 valence electrons. The Labute approximate surface area is 123 Å². The van der Waals surface area contributed by atoms with Crippen LogP contribution in [0.5, 0.6) is 0 Å². The van der Waals surface area contributed by atoms with Crippen LogP contribution in [-0.4, -0.2) is 13.7 Å². The molecule has 1 N–H and O–H groups in total. The minimum atomic E-state index is -0.503. The molecule has 0 aliphatic carbocycles. The maximum atomic E-state index is 13.3. The van der Waals surface area contributed by atoms with Crippen LogP contribution < -0.4 is 5.32 Å². The van der Waals surface area contributed by atoms with Crippen LogP contribution in [0.4, 0.5) is 4.39 Å². The van der Waals surface area contributed by atoms with Crippen LogP contribution >= 0.6 is 0 Å². The van der Waals surface area contributed by atoms with Gasteiger partial charge in [-0.05, 0) is 36.8 Å². The third-order valence-corrected chi connectivity index (χ3v) is 3.14. The third-order valence-electron chi connectivity index (χ3n) is 3.14. The van der Waals surface area contributed by atoms with E-state index in [1.54, 1.807) is 19.2 Å². The molecule has 0 amide bonds. The molecule has 0 saturated heterocycles. The van der Waals surface area contributed by atoms with Gasteiger partial charge in [0.05, 0.1) is 18.2 Å². The van der Waals surface area contributed by atoms with Gasteiger partial charge in [0.2, 0.25) is 0 Å². The first kappa shape index (κ1) is 15.2. The number of nitriles is 1. The maximum Gasteiger partial charge on any atom is 0.140 e. The number of aryl methyl sites for hydroxylation is 1. The van der Waals surface area contributed by atoms with Gasteiger partial charge in [0.1, 0.15) is 23.4 Å². The Bertz CT molecular complexity index is 646. The van der Waals surface area contributed by atoms with Gasteiger partial charge in [0.15, 0.2) is 0 Å². The molecule has 0 unspecified atom stereocenters. The van der Waals surface area contributed by atoms with Gasteiger partial charge in [-0.3, -0.25) is 0 Å². The van der Waals surface area contributed by atoms with E-state index in [1.165, 1.54) is 6.07 Å². The number of hydrogen-bond donors (Lipinski definition) is 1. The van der Waals surface area contributed by atoms with Crippen LogP contribution in [0, 0.1) is 24.1 Å². The van der Waals surface area contributed by atoms with E-state index in [0.29, 0.717) is 13.2 Å². The molecule has 0 fully saturated rings. The second-order valence-electron chi connectivity index (χ2n) is 4.76. The van der Waals surface area contributed by atoms with Crippen LogP contribution in [0.15, 0.2) is 34.7 Å². The van der Waals surface area contributed by atoms with Crippen molar-refractivity contribution in [2.75, 3.05) is 13.7 Å². The van der Waals surface area contributed by atoms with E-state index in [-0.39, 0.29) is 11.6 Å². The quantitative estimate of drug-likeness (QED) is 0.887. The summed E-state index contributed by atoms with van der Waals surface area (Å²) in [5.41, 5.74) is 0.878. The monoisotopic (exact) mass is 288 g/mol. The van der Waals surface area contributed by atoms with Crippen molar-refractivity contribution in [2.45, 2.75) is 19.5 Å². The van der Waals surface area contributed by atoms with Crippen molar-refractivity contribution < 1.29 is 13.5 Å². The fraction of sp³-hybridized carbons (Fsp3) is 0.312. The average molecular weight is 288 g/mol. The van der Waals surface area contributed by atoms with E-state index in [9.17, 15) is 4.39 Å². The van der Waals surface area contributed by atoms with Crippen LogP contribution in [-0.2, 0) is 11.3 Å².